The van der Waals surface area contributed by atoms with Gasteiger partial charge in [-0.05, 0) is 18.9 Å². The van der Waals surface area contributed by atoms with Crippen molar-refractivity contribution >= 4 is 23.5 Å². The highest BCUT2D eigenvalue weighted by Gasteiger charge is 2.43. The lowest BCUT2D eigenvalue weighted by atomic mass is 9.97. The molecule has 0 bridgehead atoms. The van der Waals surface area contributed by atoms with E-state index in [1.807, 2.05) is 0 Å². The summed E-state index contributed by atoms with van der Waals surface area (Å²) in [4.78, 5) is 28.9. The standard InChI is InChI=1S/C18H23ClN2O5/c1-24-17(23)18(6-2-3-7-18)21-15(22)12-10-14(19)16(20-11-12)26-13-4-8-25-9-5-13/h10-11,13H,2-9H2,1H3,(H,21,22). The second-order valence-electron chi connectivity index (χ2n) is 6.68. The Labute approximate surface area is 157 Å². The molecule has 1 aliphatic carbocycles. The van der Waals surface area contributed by atoms with E-state index in [9.17, 15) is 9.59 Å². The zero-order valence-electron chi connectivity index (χ0n) is 14.8. The van der Waals surface area contributed by atoms with Crippen LogP contribution >= 0.6 is 11.6 Å². The summed E-state index contributed by atoms with van der Waals surface area (Å²) < 4.78 is 16.0. The molecule has 3 rings (SSSR count). The molecule has 2 heterocycles. The third-order valence-corrected chi connectivity index (χ3v) is 5.17. The molecule has 1 saturated heterocycles. The molecule has 1 aromatic rings. The molecule has 0 aromatic carbocycles. The SMILES string of the molecule is COC(=O)C1(NC(=O)c2cnc(OC3CCOCC3)c(Cl)c2)CCCC1. The van der Waals surface area contributed by atoms with Gasteiger partial charge in [0.15, 0.2) is 0 Å². The molecule has 142 valence electrons. The summed E-state index contributed by atoms with van der Waals surface area (Å²) in [6.45, 7) is 1.30. The number of carbonyl (C=O) groups is 2. The number of ether oxygens (including phenoxy) is 3. The third kappa shape index (κ3) is 4.10. The molecule has 2 aliphatic rings. The van der Waals surface area contributed by atoms with Crippen LogP contribution in [-0.4, -0.2) is 48.8 Å². The number of hydrogen-bond donors (Lipinski definition) is 1. The number of halogens is 1. The summed E-state index contributed by atoms with van der Waals surface area (Å²) >= 11 is 6.24. The molecule has 0 radical (unpaired) electrons. The quantitative estimate of drug-likeness (QED) is 0.787. The number of carbonyl (C=O) groups excluding carboxylic acids is 2. The van der Waals surface area contributed by atoms with Crippen molar-refractivity contribution in [3.63, 3.8) is 0 Å². The zero-order chi connectivity index (χ0) is 18.6. The average molecular weight is 383 g/mol. The minimum Gasteiger partial charge on any atom is -0.473 e. The van der Waals surface area contributed by atoms with Crippen LogP contribution in [0.1, 0.15) is 48.9 Å². The highest BCUT2D eigenvalue weighted by atomic mass is 35.5. The van der Waals surface area contributed by atoms with Crippen molar-refractivity contribution in [1.82, 2.24) is 10.3 Å². The van der Waals surface area contributed by atoms with Gasteiger partial charge in [0, 0.05) is 19.0 Å². The topological polar surface area (TPSA) is 86.8 Å². The van der Waals surface area contributed by atoms with Crippen LogP contribution in [0, 0.1) is 0 Å². The highest BCUT2D eigenvalue weighted by molar-refractivity contribution is 6.32. The van der Waals surface area contributed by atoms with Gasteiger partial charge in [-0.25, -0.2) is 9.78 Å². The molecular weight excluding hydrogens is 360 g/mol. The van der Waals surface area contributed by atoms with Gasteiger partial charge in [0.1, 0.15) is 16.7 Å². The zero-order valence-corrected chi connectivity index (χ0v) is 15.5. The van der Waals surface area contributed by atoms with Crippen LogP contribution in [0.4, 0.5) is 0 Å². The predicted octanol–water partition coefficient (Wildman–Crippen LogP) is 2.51. The predicted molar refractivity (Wildman–Crippen MR) is 94.4 cm³/mol. The molecule has 0 unspecified atom stereocenters. The summed E-state index contributed by atoms with van der Waals surface area (Å²) in [6.07, 6.45) is 5.85. The number of aromatic nitrogens is 1. The fraction of sp³-hybridized carbons (Fsp3) is 0.611. The van der Waals surface area contributed by atoms with Gasteiger partial charge in [-0.3, -0.25) is 4.79 Å². The second kappa shape index (κ2) is 8.22. The van der Waals surface area contributed by atoms with Crippen LogP contribution in [-0.2, 0) is 14.3 Å². The minimum atomic E-state index is -0.963. The van der Waals surface area contributed by atoms with Crippen molar-refractivity contribution in [2.75, 3.05) is 20.3 Å². The van der Waals surface area contributed by atoms with Crippen molar-refractivity contribution in [3.8, 4) is 5.88 Å². The van der Waals surface area contributed by atoms with Gasteiger partial charge in [0.05, 0.1) is 25.9 Å². The lowest BCUT2D eigenvalue weighted by Crippen LogP contribution is -2.53. The smallest absolute Gasteiger partial charge is 0.331 e. The third-order valence-electron chi connectivity index (χ3n) is 4.90. The van der Waals surface area contributed by atoms with E-state index in [1.165, 1.54) is 19.4 Å². The van der Waals surface area contributed by atoms with E-state index >= 15 is 0 Å². The Morgan fingerprint density at radius 1 is 1.31 bits per heavy atom. The second-order valence-corrected chi connectivity index (χ2v) is 7.08. The molecule has 1 amide bonds. The summed E-state index contributed by atoms with van der Waals surface area (Å²) in [6, 6.07) is 1.51. The maximum atomic E-state index is 12.6. The molecule has 1 saturated carbocycles. The lowest BCUT2D eigenvalue weighted by molar-refractivity contribution is -0.148. The van der Waals surface area contributed by atoms with Gasteiger partial charge in [-0.2, -0.15) is 0 Å². The number of methoxy groups -OCH3 is 1. The van der Waals surface area contributed by atoms with Gasteiger partial charge in [0.25, 0.3) is 5.91 Å². The first-order valence-electron chi connectivity index (χ1n) is 8.85. The Morgan fingerprint density at radius 2 is 2.00 bits per heavy atom. The monoisotopic (exact) mass is 382 g/mol. The summed E-state index contributed by atoms with van der Waals surface area (Å²) in [5.41, 5.74) is -0.681. The molecule has 1 N–H and O–H groups in total. The first kappa shape index (κ1) is 18.9. The van der Waals surface area contributed by atoms with Crippen LogP contribution in [0.15, 0.2) is 12.3 Å². The Kier molecular flexibility index (Phi) is 5.98. The molecule has 8 heteroatoms. The van der Waals surface area contributed by atoms with E-state index in [0.717, 1.165) is 25.7 Å². The Morgan fingerprint density at radius 3 is 2.62 bits per heavy atom. The van der Waals surface area contributed by atoms with Crippen LogP contribution < -0.4 is 10.1 Å². The van der Waals surface area contributed by atoms with E-state index in [4.69, 9.17) is 25.8 Å². The summed E-state index contributed by atoms with van der Waals surface area (Å²) in [5, 5.41) is 3.08. The van der Waals surface area contributed by atoms with Crippen LogP contribution in [0.5, 0.6) is 5.88 Å². The number of nitrogens with zero attached hydrogens (tertiary/aromatic N) is 1. The van der Waals surface area contributed by atoms with E-state index < -0.39 is 17.4 Å². The normalized spacial score (nSPS) is 19.8. The molecular formula is C18H23ClN2O5. The minimum absolute atomic E-state index is 0.00880. The van der Waals surface area contributed by atoms with Crippen LogP contribution in [0.3, 0.4) is 0 Å². The van der Waals surface area contributed by atoms with E-state index in [1.54, 1.807) is 0 Å². The molecule has 2 fully saturated rings. The fourth-order valence-corrected chi connectivity index (χ4v) is 3.64. The summed E-state index contributed by atoms with van der Waals surface area (Å²) in [7, 11) is 1.33. The molecule has 0 atom stereocenters. The van der Waals surface area contributed by atoms with Crippen molar-refractivity contribution in [1.29, 1.82) is 0 Å². The van der Waals surface area contributed by atoms with Gasteiger partial charge in [-0.1, -0.05) is 24.4 Å². The van der Waals surface area contributed by atoms with Crippen LogP contribution in [0.2, 0.25) is 5.02 Å². The van der Waals surface area contributed by atoms with Crippen molar-refractivity contribution in [3.05, 3.63) is 22.8 Å². The Bertz CT molecular complexity index is 670. The number of amides is 1. The van der Waals surface area contributed by atoms with Gasteiger partial charge >= 0.3 is 5.97 Å². The van der Waals surface area contributed by atoms with Crippen molar-refractivity contribution < 1.29 is 23.8 Å². The molecule has 1 aliphatic heterocycles. The van der Waals surface area contributed by atoms with E-state index in [-0.39, 0.29) is 16.7 Å². The van der Waals surface area contributed by atoms with Gasteiger partial charge in [-0.15, -0.1) is 0 Å². The first-order chi connectivity index (χ1) is 12.5. The number of esters is 1. The molecule has 0 spiro atoms. The number of pyridine rings is 1. The maximum absolute atomic E-state index is 12.6. The van der Waals surface area contributed by atoms with Crippen LogP contribution in [0.25, 0.3) is 0 Å². The number of nitrogens with one attached hydrogen (secondary N) is 1. The average Bonchev–Trinajstić information content (AvgIpc) is 3.13. The Hall–Kier alpha value is -1.86. The number of rotatable bonds is 5. The molecule has 26 heavy (non-hydrogen) atoms. The molecule has 1 aromatic heterocycles. The Balaban J connectivity index is 1.69. The fourth-order valence-electron chi connectivity index (χ4n) is 3.43. The largest absolute Gasteiger partial charge is 0.473 e. The van der Waals surface area contributed by atoms with Gasteiger partial charge < -0.3 is 19.5 Å². The van der Waals surface area contributed by atoms with E-state index in [2.05, 4.69) is 10.3 Å². The summed E-state index contributed by atoms with van der Waals surface area (Å²) in [5.74, 6) is -0.509. The first-order valence-corrected chi connectivity index (χ1v) is 9.23. The molecule has 7 nitrogen and oxygen atoms in total. The van der Waals surface area contributed by atoms with Gasteiger partial charge in [0.2, 0.25) is 5.88 Å². The maximum Gasteiger partial charge on any atom is 0.331 e. The van der Waals surface area contributed by atoms with Crippen molar-refractivity contribution in [2.24, 2.45) is 0 Å². The van der Waals surface area contributed by atoms with E-state index in [0.29, 0.717) is 31.9 Å². The van der Waals surface area contributed by atoms with Crippen molar-refractivity contribution in [2.45, 2.75) is 50.2 Å². The number of hydrogen-bond acceptors (Lipinski definition) is 6. The highest BCUT2D eigenvalue weighted by Crippen LogP contribution is 2.32. The lowest BCUT2D eigenvalue weighted by Gasteiger charge is -2.27.